The second kappa shape index (κ2) is 6.38. The first-order valence-corrected chi connectivity index (χ1v) is 8.22. The first-order valence-electron chi connectivity index (χ1n) is 6.05. The van der Waals surface area contributed by atoms with E-state index in [1.807, 2.05) is 35.7 Å². The van der Waals surface area contributed by atoms with Gasteiger partial charge in [-0.15, -0.1) is 11.3 Å². The molecular formula is C14H10N2O2S3. The number of carbonyl (C=O) groups excluding carboxylic acids is 1. The molecule has 0 aliphatic carbocycles. The molecule has 7 heteroatoms. The lowest BCUT2D eigenvalue weighted by Gasteiger charge is -2.04. The van der Waals surface area contributed by atoms with E-state index in [1.165, 1.54) is 11.8 Å². The Morgan fingerprint density at radius 3 is 2.76 bits per heavy atom. The van der Waals surface area contributed by atoms with Crippen LogP contribution in [0.1, 0.15) is 11.3 Å². The minimum absolute atomic E-state index is 0.145. The summed E-state index contributed by atoms with van der Waals surface area (Å²) < 4.78 is 6.13. The third-order valence-electron chi connectivity index (χ3n) is 2.69. The zero-order valence-corrected chi connectivity index (χ0v) is 13.2. The summed E-state index contributed by atoms with van der Waals surface area (Å²) in [5.41, 5.74) is 3.63. The minimum Gasteiger partial charge on any atom is -0.487 e. The fourth-order valence-electron chi connectivity index (χ4n) is 1.70. The van der Waals surface area contributed by atoms with Gasteiger partial charge in [0.2, 0.25) is 0 Å². The largest absolute Gasteiger partial charge is 0.487 e. The molecule has 3 rings (SSSR count). The highest BCUT2D eigenvalue weighted by molar-refractivity contribution is 8.26. The second-order valence-electron chi connectivity index (χ2n) is 4.19. The van der Waals surface area contributed by atoms with Crippen molar-refractivity contribution in [3.63, 3.8) is 0 Å². The Labute approximate surface area is 135 Å². The molecule has 0 spiro atoms. The maximum atomic E-state index is 11.6. The number of rotatable bonds is 4. The normalized spacial score (nSPS) is 16.3. The van der Waals surface area contributed by atoms with Crippen molar-refractivity contribution < 1.29 is 9.53 Å². The van der Waals surface area contributed by atoms with Gasteiger partial charge in [-0.1, -0.05) is 36.1 Å². The van der Waals surface area contributed by atoms with E-state index < -0.39 is 0 Å². The molecule has 21 heavy (non-hydrogen) atoms. The van der Waals surface area contributed by atoms with Crippen LogP contribution in [0, 0.1) is 0 Å². The standard InChI is InChI=1S/C14H10N2O2S3/c17-13-12(21-14(19)16-13)5-9-1-3-11(4-2-9)18-6-10-7-20-8-15-10/h1-5,7-8H,6H2,(H,16,17,19). The molecule has 106 valence electrons. The Balaban J connectivity index is 1.65. The molecule has 1 N–H and O–H groups in total. The van der Waals surface area contributed by atoms with E-state index in [4.69, 9.17) is 17.0 Å². The summed E-state index contributed by atoms with van der Waals surface area (Å²) in [6.07, 6.45) is 1.81. The van der Waals surface area contributed by atoms with Crippen molar-refractivity contribution in [3.05, 3.63) is 51.3 Å². The van der Waals surface area contributed by atoms with Crippen molar-refractivity contribution >= 4 is 51.6 Å². The number of thiazole rings is 1. The maximum absolute atomic E-state index is 11.6. The van der Waals surface area contributed by atoms with Crippen molar-refractivity contribution in [3.8, 4) is 5.75 Å². The van der Waals surface area contributed by atoms with E-state index >= 15 is 0 Å². The summed E-state index contributed by atoms with van der Waals surface area (Å²) in [5, 5.41) is 4.55. The summed E-state index contributed by atoms with van der Waals surface area (Å²) in [7, 11) is 0. The monoisotopic (exact) mass is 334 g/mol. The van der Waals surface area contributed by atoms with Crippen LogP contribution in [-0.4, -0.2) is 15.2 Å². The molecule has 1 aromatic carbocycles. The number of benzene rings is 1. The predicted molar refractivity (Wildman–Crippen MR) is 89.2 cm³/mol. The quantitative estimate of drug-likeness (QED) is 0.687. The first kappa shape index (κ1) is 14.2. The fraction of sp³-hybridized carbons (Fsp3) is 0.0714. The number of aromatic nitrogens is 1. The van der Waals surface area contributed by atoms with Crippen LogP contribution in [0.2, 0.25) is 0 Å². The van der Waals surface area contributed by atoms with Crippen molar-refractivity contribution in [2.24, 2.45) is 0 Å². The van der Waals surface area contributed by atoms with Crippen LogP contribution in [0.15, 0.2) is 40.1 Å². The van der Waals surface area contributed by atoms with Gasteiger partial charge >= 0.3 is 0 Å². The zero-order valence-electron chi connectivity index (χ0n) is 10.7. The molecule has 1 saturated heterocycles. The molecule has 1 aliphatic heterocycles. The van der Waals surface area contributed by atoms with Crippen molar-refractivity contribution in [1.29, 1.82) is 0 Å². The van der Waals surface area contributed by atoms with Gasteiger partial charge in [0.1, 0.15) is 16.7 Å². The molecular weight excluding hydrogens is 324 g/mol. The molecule has 1 aliphatic rings. The third kappa shape index (κ3) is 3.69. The van der Waals surface area contributed by atoms with Gasteiger partial charge in [-0.05, 0) is 23.8 Å². The number of amides is 1. The van der Waals surface area contributed by atoms with Gasteiger partial charge in [-0.3, -0.25) is 4.79 Å². The molecule has 0 atom stereocenters. The van der Waals surface area contributed by atoms with Crippen LogP contribution < -0.4 is 10.1 Å². The van der Waals surface area contributed by atoms with Gasteiger partial charge in [0.15, 0.2) is 0 Å². The number of nitrogens with one attached hydrogen (secondary N) is 1. The number of ether oxygens (including phenoxy) is 1. The van der Waals surface area contributed by atoms with Crippen molar-refractivity contribution in [2.75, 3.05) is 0 Å². The van der Waals surface area contributed by atoms with Crippen LogP contribution >= 0.6 is 35.3 Å². The molecule has 1 aromatic heterocycles. The number of thiocarbonyl (C=S) groups is 1. The molecule has 0 unspecified atom stereocenters. The maximum Gasteiger partial charge on any atom is 0.263 e. The van der Waals surface area contributed by atoms with Crippen molar-refractivity contribution in [1.82, 2.24) is 10.3 Å². The first-order chi connectivity index (χ1) is 10.2. The third-order valence-corrected chi connectivity index (χ3v) is 4.49. The fourth-order valence-corrected chi connectivity index (χ4v) is 3.29. The SMILES string of the molecule is O=C1NC(=S)SC1=Cc1ccc(OCc2cscn2)cc1. The number of hydrogen-bond acceptors (Lipinski definition) is 6. The lowest BCUT2D eigenvalue weighted by atomic mass is 10.2. The van der Waals surface area contributed by atoms with Gasteiger partial charge in [0.05, 0.1) is 16.1 Å². The van der Waals surface area contributed by atoms with Crippen LogP contribution in [0.3, 0.4) is 0 Å². The van der Waals surface area contributed by atoms with Crippen LogP contribution in [-0.2, 0) is 11.4 Å². The van der Waals surface area contributed by atoms with Gasteiger partial charge in [-0.25, -0.2) is 4.98 Å². The van der Waals surface area contributed by atoms with Gasteiger partial charge in [-0.2, -0.15) is 0 Å². The van der Waals surface area contributed by atoms with E-state index in [9.17, 15) is 4.79 Å². The average Bonchev–Trinajstić information content (AvgIpc) is 3.08. The van der Waals surface area contributed by atoms with Gasteiger partial charge in [0, 0.05) is 5.38 Å². The Morgan fingerprint density at radius 2 is 2.14 bits per heavy atom. The van der Waals surface area contributed by atoms with E-state index in [0.29, 0.717) is 15.8 Å². The Bertz CT molecular complexity index is 694. The second-order valence-corrected chi connectivity index (χ2v) is 6.63. The zero-order chi connectivity index (χ0) is 14.7. The van der Waals surface area contributed by atoms with E-state index in [2.05, 4.69) is 10.3 Å². The highest BCUT2D eigenvalue weighted by Crippen LogP contribution is 2.26. The Morgan fingerprint density at radius 1 is 1.33 bits per heavy atom. The molecule has 2 heterocycles. The van der Waals surface area contributed by atoms with Gasteiger partial charge < -0.3 is 10.1 Å². The Hall–Kier alpha value is -1.70. The predicted octanol–water partition coefficient (Wildman–Crippen LogP) is 3.21. The summed E-state index contributed by atoms with van der Waals surface area (Å²) in [6, 6.07) is 7.54. The highest BCUT2D eigenvalue weighted by Gasteiger charge is 2.21. The van der Waals surface area contributed by atoms with Gasteiger partial charge in [0.25, 0.3) is 5.91 Å². The molecule has 4 nitrogen and oxygen atoms in total. The lowest BCUT2D eigenvalue weighted by molar-refractivity contribution is -0.115. The number of nitrogens with zero attached hydrogens (tertiary/aromatic N) is 1. The summed E-state index contributed by atoms with van der Waals surface area (Å²) in [4.78, 5) is 16.3. The molecule has 0 saturated carbocycles. The van der Waals surface area contributed by atoms with E-state index in [1.54, 1.807) is 16.8 Å². The average molecular weight is 334 g/mol. The van der Waals surface area contributed by atoms with E-state index in [-0.39, 0.29) is 5.91 Å². The lowest BCUT2D eigenvalue weighted by Crippen LogP contribution is -2.17. The smallest absolute Gasteiger partial charge is 0.263 e. The topological polar surface area (TPSA) is 51.2 Å². The molecule has 1 fully saturated rings. The molecule has 2 aromatic rings. The number of hydrogen-bond donors (Lipinski definition) is 1. The van der Waals surface area contributed by atoms with Crippen molar-refractivity contribution in [2.45, 2.75) is 6.61 Å². The van der Waals surface area contributed by atoms with Crippen LogP contribution in [0.4, 0.5) is 0 Å². The number of thioether (sulfide) groups is 1. The highest BCUT2D eigenvalue weighted by atomic mass is 32.2. The van der Waals surface area contributed by atoms with Crippen LogP contribution in [0.25, 0.3) is 6.08 Å². The summed E-state index contributed by atoms with van der Waals surface area (Å²) >= 11 is 7.77. The molecule has 1 amide bonds. The molecule has 0 bridgehead atoms. The number of carbonyl (C=O) groups is 1. The van der Waals surface area contributed by atoms with Crippen LogP contribution in [0.5, 0.6) is 5.75 Å². The molecule has 0 radical (unpaired) electrons. The minimum atomic E-state index is -0.145. The summed E-state index contributed by atoms with van der Waals surface area (Å²) in [6.45, 7) is 0.455. The van der Waals surface area contributed by atoms with E-state index in [0.717, 1.165) is 17.0 Å². The Kier molecular flexibility index (Phi) is 4.33. The summed E-state index contributed by atoms with van der Waals surface area (Å²) in [5.74, 6) is 0.623.